The Kier molecular flexibility index (Phi) is 31.0. The number of carbonyl (C=O) groups is 9. The van der Waals surface area contributed by atoms with Gasteiger partial charge in [-0.3, -0.25) is 43.3 Å². The number of benzene rings is 7. The van der Waals surface area contributed by atoms with Gasteiger partial charge >= 0.3 is 5.97 Å². The summed E-state index contributed by atoms with van der Waals surface area (Å²) in [5, 5.41) is 158. The number of aliphatic carboxylic acids is 1. The number of rotatable bonds is 21. The molecule has 0 aromatic heterocycles. The molecule has 17 bridgehead atoms. The van der Waals surface area contributed by atoms with E-state index in [1.54, 1.807) is 33.1 Å². The summed E-state index contributed by atoms with van der Waals surface area (Å²) < 4.78 is 44.5. The van der Waals surface area contributed by atoms with Gasteiger partial charge in [0.25, 0.3) is 0 Å². The summed E-state index contributed by atoms with van der Waals surface area (Å²) in [5.74, 6) is -17.4. The maximum Gasteiger partial charge on any atom is 0.335 e. The van der Waals surface area contributed by atoms with Crippen LogP contribution in [0.25, 0.3) is 11.1 Å². The third kappa shape index (κ3) is 21.8. The van der Waals surface area contributed by atoms with E-state index in [0.717, 1.165) is 98.5 Å². The molecule has 18 atom stereocenters. The van der Waals surface area contributed by atoms with Gasteiger partial charge in [-0.05, 0) is 160 Å². The van der Waals surface area contributed by atoms with E-state index in [1.807, 2.05) is 0 Å². The lowest BCUT2D eigenvalue weighted by molar-refractivity contribution is -0.277. The van der Waals surface area contributed by atoms with Crippen molar-refractivity contribution in [1.29, 1.82) is 0 Å². The van der Waals surface area contributed by atoms with Crippen LogP contribution in [0.15, 0.2) is 115 Å². The Balaban J connectivity index is 0.0000151. The van der Waals surface area contributed by atoms with E-state index in [-0.39, 0.29) is 60.2 Å². The minimum absolute atomic E-state index is 0. The van der Waals surface area contributed by atoms with Gasteiger partial charge in [0.1, 0.15) is 131 Å². The van der Waals surface area contributed by atoms with Crippen LogP contribution in [0.5, 0.6) is 69.0 Å². The number of carboxylic acid groups (broad SMARTS) is 1. The number of carbonyl (C=O) groups excluding carboxylic acids is 8. The van der Waals surface area contributed by atoms with Crippen molar-refractivity contribution in [2.24, 2.45) is 5.92 Å². The average molecular weight is 1850 g/mol. The predicted molar refractivity (Wildman–Crippen MR) is 459 cm³/mol. The number of halogens is 3. The second kappa shape index (κ2) is 41.4. The number of fused-ring (bicyclic) bond motifs is 14. The summed E-state index contributed by atoms with van der Waals surface area (Å²) >= 11 is 14.3. The number of carboxylic acids is 1. The minimum Gasteiger partial charge on any atom is -0.508 e. The fourth-order valence-corrected chi connectivity index (χ4v) is 16.4. The van der Waals surface area contributed by atoms with Crippen LogP contribution in [0.4, 0.5) is 0 Å². The van der Waals surface area contributed by atoms with Crippen molar-refractivity contribution in [2.45, 2.75) is 181 Å². The van der Waals surface area contributed by atoms with Gasteiger partial charge in [-0.1, -0.05) is 99.5 Å². The maximum atomic E-state index is 16.8. The van der Waals surface area contributed by atoms with Crippen molar-refractivity contribution >= 4 is 88.8 Å². The molecule has 18 unspecified atom stereocenters. The number of amides is 8. The molecular weight excluding hydrogens is 1750 g/mol. The van der Waals surface area contributed by atoms with Gasteiger partial charge < -0.3 is 142 Å². The number of likely N-dealkylation sites (N-methyl/N-ethyl adjacent to an activating group) is 1. The number of nitrogens with one attached hydrogen (secondary N) is 8. The number of aliphatic hydroxyl groups excluding tert-OH is 7. The van der Waals surface area contributed by atoms with Gasteiger partial charge in [0.15, 0.2) is 29.1 Å². The van der Waals surface area contributed by atoms with Gasteiger partial charge in [-0.15, -0.1) is 12.4 Å². The van der Waals surface area contributed by atoms with Gasteiger partial charge in [0, 0.05) is 48.2 Å². The van der Waals surface area contributed by atoms with Crippen molar-refractivity contribution in [3.63, 3.8) is 0 Å². The zero-order valence-electron chi connectivity index (χ0n) is 70.4. The fraction of sp³-hybridized carbons (Fsp3) is 0.420. The Morgan fingerprint density at radius 3 is 1.89 bits per heavy atom. The molecule has 692 valence electrons. The lowest BCUT2D eigenvalue weighted by atomic mass is 9.89. The van der Waals surface area contributed by atoms with Gasteiger partial charge in [-0.25, -0.2) is 4.79 Å². The summed E-state index contributed by atoms with van der Waals surface area (Å²) in [7, 11) is 6.63. The van der Waals surface area contributed by atoms with Crippen LogP contribution in [0.3, 0.4) is 0 Å². The van der Waals surface area contributed by atoms with E-state index in [0.29, 0.717) is 30.9 Å². The maximum absolute atomic E-state index is 16.8. The second-order valence-electron chi connectivity index (χ2n) is 33.0. The van der Waals surface area contributed by atoms with Gasteiger partial charge in [0.2, 0.25) is 65.6 Å². The quantitative estimate of drug-likeness (QED) is 0.0439. The van der Waals surface area contributed by atoms with Crippen LogP contribution < -0.4 is 66.2 Å². The number of unbranched alkanes of at least 4 members (excludes halogenated alkanes) is 4. The normalized spacial score (nSPS) is 25.7. The Morgan fingerprint density at radius 1 is 0.558 bits per heavy atom. The highest BCUT2D eigenvalue weighted by Gasteiger charge is 2.52. The van der Waals surface area contributed by atoms with Crippen LogP contribution in [0.1, 0.15) is 140 Å². The summed E-state index contributed by atoms with van der Waals surface area (Å²) in [6.45, 7) is 3.56. The molecule has 0 radical (unpaired) electrons. The summed E-state index contributed by atoms with van der Waals surface area (Å²) in [4.78, 5) is 142. The van der Waals surface area contributed by atoms with Crippen LogP contribution >= 0.6 is 35.6 Å². The number of nitrogens with zero attached hydrogens (tertiary/aromatic N) is 2. The zero-order valence-corrected chi connectivity index (χ0v) is 72.7. The summed E-state index contributed by atoms with van der Waals surface area (Å²) in [6.07, 6.45) is -16.9. The van der Waals surface area contributed by atoms with Crippen molar-refractivity contribution in [1.82, 2.24) is 52.3 Å². The molecule has 0 spiro atoms. The summed E-state index contributed by atoms with van der Waals surface area (Å²) in [6, 6.07) is 5.86. The molecule has 20 N–H and O–H groups in total. The topological polar surface area (TPSA) is 564 Å². The first kappa shape index (κ1) is 96.5. The highest BCUT2D eigenvalue weighted by molar-refractivity contribution is 6.33. The molecule has 38 nitrogen and oxygen atoms in total. The first-order valence-corrected chi connectivity index (χ1v) is 42.1. The van der Waals surface area contributed by atoms with Crippen LogP contribution in [0.2, 0.25) is 10.0 Å². The van der Waals surface area contributed by atoms with Crippen molar-refractivity contribution in [2.75, 3.05) is 47.9 Å². The highest BCUT2D eigenvalue weighted by atomic mass is 35.5. The zero-order chi connectivity index (χ0) is 92.1. The lowest BCUT2D eigenvalue weighted by Crippen LogP contribution is -2.66. The van der Waals surface area contributed by atoms with E-state index >= 15 is 33.6 Å². The van der Waals surface area contributed by atoms with E-state index in [4.69, 9.17) is 56.4 Å². The lowest BCUT2D eigenvalue weighted by Gasteiger charge is -2.41. The molecule has 7 aromatic carbocycles. The number of hydrogen-bond donors (Lipinski definition) is 20. The standard InChI is InChI=1S/C88H100Cl2N10O28.ClH/c1-38(2)13-10-8-7-9-11-14-61(106)93-69-73(109)75(111)78(86(120)121)128-87(69)127-77-58-31-43-32-59(77)124-55-24-19-42(29-50(55)89)71(107)68-84(118)97-66(80(114)91-25-12-26-99(3)4)48-33-44(102)34-57(125-88-76(112)74(110)72(108)60(37-101)126-88)62(48)47-28-40(17-22-52(47)103)64(81(115)98-68)94-82(116)65(43)95-83(117)67-49-35-46(36-54(105)63(49)90)123-56-30-41(18-23-53(56)104)70(100(5)6)85(119)92-51(79(113)96-67)27-39-15-20-45(122-58)21-16-39;/h15-24,28-36,38,51,60,64-76,78,87-88,101-105,107-112H,7-14,25-27,37H2,1-6H3,(H,91,114)(H,92,119)(H,93,106)(H,94,116)(H,95,117)(H,96,113)(H,97,118)(H,98,115)(H,120,121);1H. The monoisotopic (exact) mass is 1850 g/mol. The Morgan fingerprint density at radius 2 is 1.20 bits per heavy atom. The third-order valence-corrected chi connectivity index (χ3v) is 23.4. The number of phenols is 4. The summed E-state index contributed by atoms with van der Waals surface area (Å²) in [5.41, 5.74) is -2.63. The van der Waals surface area contributed by atoms with E-state index in [9.17, 15) is 70.9 Å². The Bertz CT molecular complexity index is 5360. The molecule has 15 rings (SSSR count). The van der Waals surface area contributed by atoms with Crippen LogP contribution in [0, 0.1) is 5.92 Å². The predicted octanol–water partition coefficient (Wildman–Crippen LogP) is 4.54. The van der Waals surface area contributed by atoms with Crippen molar-refractivity contribution < 1.29 is 138 Å². The molecule has 0 saturated carbocycles. The second-order valence-corrected chi connectivity index (χ2v) is 33.8. The molecule has 129 heavy (non-hydrogen) atoms. The largest absolute Gasteiger partial charge is 0.508 e. The Hall–Kier alpha value is -11.6. The molecule has 0 aliphatic carbocycles. The molecule has 8 aliphatic rings. The van der Waals surface area contributed by atoms with Gasteiger partial charge in [0.05, 0.1) is 16.7 Å². The highest BCUT2D eigenvalue weighted by Crippen LogP contribution is 2.51. The smallest absolute Gasteiger partial charge is 0.335 e. The number of aliphatic hydroxyl groups is 7. The number of phenolic OH excluding ortho intramolecular Hbond substituents is 4. The SMILES string of the molecule is CC(C)CCCCCCCC(=O)NC1C(Oc2c3cc4cc2Oc2ccc(cc2Cl)C(O)C2NC(=O)C(NC(=O)C4NC(=O)C4NC(=O)C(Cc5ccc(cc5)O3)NC(=O)C(N(C)C)c3ccc(O)c(c3)Oc3cc(O)c(Cl)c4c3)c3ccc(O)c(c3)-c3c(OC4OC(CO)C(O)C(O)C4O)cc(O)cc3C(C(=O)NCCCN(C)C)NC2=O)OC(C(=O)O)C(O)C1O.Cl. The van der Waals surface area contributed by atoms with E-state index < -0.39 is 271 Å². The van der Waals surface area contributed by atoms with Crippen LogP contribution in [-0.4, -0.2) is 246 Å². The van der Waals surface area contributed by atoms with E-state index in [1.165, 1.54) is 47.4 Å². The first-order valence-electron chi connectivity index (χ1n) is 41.4. The first-order chi connectivity index (χ1) is 60.9. The average Bonchev–Trinajstić information content (AvgIpc) is 0.756. The fourth-order valence-electron chi connectivity index (χ4n) is 16.0. The molecule has 8 amide bonds. The number of ether oxygens (including phenoxy) is 7. The van der Waals surface area contributed by atoms with Crippen molar-refractivity contribution in [3.8, 4) is 80.1 Å². The van der Waals surface area contributed by atoms with Crippen LogP contribution in [-0.2, 0) is 59.0 Å². The number of aromatic hydroxyl groups is 4. The third-order valence-electron chi connectivity index (χ3n) is 22.7. The molecule has 7 aromatic rings. The molecule has 8 heterocycles. The molecular formula is C88H101Cl3N10O28. The Labute approximate surface area is 754 Å². The molecule has 8 aliphatic heterocycles. The molecule has 41 heteroatoms. The van der Waals surface area contributed by atoms with Gasteiger partial charge in [-0.2, -0.15) is 0 Å². The molecule has 2 saturated heterocycles. The number of hydrogen-bond acceptors (Lipinski definition) is 29. The van der Waals surface area contributed by atoms with E-state index in [2.05, 4.69) is 56.4 Å². The molecule has 2 fully saturated rings. The minimum atomic E-state index is -2.45. The van der Waals surface area contributed by atoms with Crippen molar-refractivity contribution in [3.05, 3.63) is 164 Å².